The molecule has 25 valence electrons. The van der Waals surface area contributed by atoms with Gasteiger partial charge in [-0.1, -0.05) is 0 Å². The molecule has 0 fully saturated rings. The van der Waals surface area contributed by atoms with Crippen molar-refractivity contribution in [1.82, 2.24) is 5.48 Å². The molecule has 0 aliphatic rings. The number of hydroxylamine groups is 1. The highest BCUT2D eigenvalue weighted by Gasteiger charge is 1.50. The van der Waals surface area contributed by atoms with Crippen molar-refractivity contribution in [2.24, 2.45) is 0 Å². The number of nitrogens with zero attached hydrogens (tertiary/aromatic N) is 1. The first-order chi connectivity index (χ1) is 1.91. The van der Waals surface area contributed by atoms with Gasteiger partial charge in [0.15, 0.2) is 0 Å². The molecular weight excluding hydrogens is 54.0 g/mol. The molecule has 0 aliphatic carbocycles. The highest BCUT2D eigenvalue weighted by Crippen LogP contribution is 1.38. The minimum atomic E-state index is 1.51. The minimum Gasteiger partial charge on any atom is -0.286 e. The Bertz CT molecular complexity index is 8.00. The van der Waals surface area contributed by atoms with Gasteiger partial charge in [0, 0.05) is 7.05 Å². The summed E-state index contributed by atoms with van der Waals surface area (Å²) in [6, 6.07) is 0. The van der Waals surface area contributed by atoms with Gasteiger partial charge in [-0.05, 0) is 0 Å². The van der Waals surface area contributed by atoms with E-state index in [0.717, 1.165) is 0 Å². The molecule has 1 radical (unpaired) electrons. The molecular formula is C2H6NO. The molecule has 0 rings (SSSR count). The fourth-order valence-electron chi connectivity index (χ4n) is 0. The van der Waals surface area contributed by atoms with Crippen molar-refractivity contribution in [3.8, 4) is 0 Å². The first-order valence-electron chi connectivity index (χ1n) is 1.04. The van der Waals surface area contributed by atoms with Crippen molar-refractivity contribution in [2.45, 2.75) is 0 Å². The molecule has 0 spiro atoms. The maximum atomic E-state index is 4.17. The van der Waals surface area contributed by atoms with Crippen LogP contribution in [0.25, 0.3) is 0 Å². The second-order valence-corrected chi connectivity index (χ2v) is 0.365. The lowest BCUT2D eigenvalue weighted by atomic mass is 11.5. The largest absolute Gasteiger partial charge is 0.286 e. The molecule has 0 aromatic heterocycles. The quantitative estimate of drug-likeness (QED) is 0.384. The summed E-state index contributed by atoms with van der Waals surface area (Å²) in [5, 5.41) is 0. The Kier molecular flexibility index (Phi) is 2.86. The summed E-state index contributed by atoms with van der Waals surface area (Å²) in [6.07, 6.45) is 0. The van der Waals surface area contributed by atoms with E-state index in [0.29, 0.717) is 0 Å². The van der Waals surface area contributed by atoms with Crippen LogP contribution in [0.4, 0.5) is 0 Å². The molecule has 0 atom stereocenters. The zero-order valence-electron chi connectivity index (χ0n) is 2.86. The summed E-state index contributed by atoms with van der Waals surface area (Å²) in [5.74, 6) is 0. The van der Waals surface area contributed by atoms with Crippen LogP contribution in [0.5, 0.6) is 0 Å². The van der Waals surface area contributed by atoms with Gasteiger partial charge in [-0.25, -0.2) is 0 Å². The maximum absolute atomic E-state index is 4.17. The second kappa shape index (κ2) is 2.92. The van der Waals surface area contributed by atoms with Crippen LogP contribution < -0.4 is 5.48 Å². The predicted octanol–water partition coefficient (Wildman–Crippen LogP) is -0.218. The van der Waals surface area contributed by atoms with Crippen LogP contribution in [-0.2, 0) is 4.84 Å². The Morgan fingerprint density at radius 2 is 2.00 bits per heavy atom. The van der Waals surface area contributed by atoms with Gasteiger partial charge < -0.3 is 0 Å². The lowest BCUT2D eigenvalue weighted by molar-refractivity contribution is 0.103. The Balaban J connectivity index is 1.97. The highest BCUT2D eigenvalue weighted by molar-refractivity contribution is 3.75. The van der Waals surface area contributed by atoms with Crippen LogP contribution in [-0.4, -0.2) is 14.2 Å². The Morgan fingerprint density at radius 1 is 1.75 bits per heavy atom. The molecule has 0 saturated heterocycles. The van der Waals surface area contributed by atoms with Gasteiger partial charge in [-0.15, -0.1) is 5.48 Å². The fourth-order valence-corrected chi connectivity index (χ4v) is 0. The molecule has 0 aromatic rings. The predicted molar refractivity (Wildman–Crippen MR) is 15.1 cm³/mol. The summed E-state index contributed by atoms with van der Waals surface area (Å²) in [4.78, 5) is 4.17. The third-order valence-corrected chi connectivity index (χ3v) is 0.183. The monoisotopic (exact) mass is 60.0 g/mol. The van der Waals surface area contributed by atoms with E-state index in [4.69, 9.17) is 0 Å². The molecule has 4 heavy (non-hydrogen) atoms. The van der Waals surface area contributed by atoms with Gasteiger partial charge in [-0.2, -0.15) is 0 Å². The highest BCUT2D eigenvalue weighted by atomic mass is 16.6. The van der Waals surface area contributed by atoms with Crippen LogP contribution in [0.15, 0.2) is 0 Å². The summed E-state index contributed by atoms with van der Waals surface area (Å²) < 4.78 is 0. The molecule has 0 aromatic carbocycles. The summed E-state index contributed by atoms with van der Waals surface area (Å²) in [5.41, 5.74) is 3.24. The average Bonchev–Trinajstić information content (AvgIpc) is 1.37. The summed E-state index contributed by atoms with van der Waals surface area (Å²) in [6.45, 7) is 0. The molecule has 0 N–H and O–H groups in total. The lowest BCUT2D eigenvalue weighted by Gasteiger charge is -1.75. The first-order valence-corrected chi connectivity index (χ1v) is 1.04. The van der Waals surface area contributed by atoms with E-state index in [1.165, 1.54) is 7.11 Å². The van der Waals surface area contributed by atoms with E-state index >= 15 is 0 Å². The van der Waals surface area contributed by atoms with Gasteiger partial charge in [0.25, 0.3) is 0 Å². The van der Waals surface area contributed by atoms with Crippen LogP contribution in [0.3, 0.4) is 0 Å². The topological polar surface area (TPSA) is 23.3 Å². The third kappa shape index (κ3) is 1.92. The van der Waals surface area contributed by atoms with E-state index < -0.39 is 0 Å². The maximum Gasteiger partial charge on any atom is 0.0592 e. The van der Waals surface area contributed by atoms with Gasteiger partial charge in [0.2, 0.25) is 0 Å². The van der Waals surface area contributed by atoms with Crippen molar-refractivity contribution in [1.29, 1.82) is 0 Å². The van der Waals surface area contributed by atoms with Gasteiger partial charge in [-0.3, -0.25) is 4.84 Å². The molecule has 0 unspecified atom stereocenters. The zero-order chi connectivity index (χ0) is 3.41. The van der Waals surface area contributed by atoms with E-state index in [-0.39, 0.29) is 0 Å². The molecule has 2 heteroatoms. The summed E-state index contributed by atoms with van der Waals surface area (Å²) in [7, 11) is 3.10. The van der Waals surface area contributed by atoms with Crippen molar-refractivity contribution >= 4 is 0 Å². The molecule has 0 amide bonds. The number of hydrogen-bond acceptors (Lipinski definition) is 1. The first kappa shape index (κ1) is 3.92. The molecule has 0 bridgehead atoms. The van der Waals surface area contributed by atoms with E-state index in [9.17, 15) is 0 Å². The van der Waals surface area contributed by atoms with Gasteiger partial charge in [0.1, 0.15) is 0 Å². The molecule has 0 saturated carbocycles. The molecule has 2 nitrogen and oxygen atoms in total. The Morgan fingerprint density at radius 3 is 2.00 bits per heavy atom. The number of rotatable bonds is 1. The van der Waals surface area contributed by atoms with E-state index in [1.807, 2.05) is 0 Å². The van der Waals surface area contributed by atoms with Crippen LogP contribution in [0, 0.1) is 0 Å². The Hall–Kier alpha value is -0.0800. The van der Waals surface area contributed by atoms with Crippen molar-refractivity contribution in [3.05, 3.63) is 0 Å². The van der Waals surface area contributed by atoms with Crippen LogP contribution in [0.2, 0.25) is 0 Å². The van der Waals surface area contributed by atoms with Gasteiger partial charge >= 0.3 is 0 Å². The summed E-state index contributed by atoms with van der Waals surface area (Å²) >= 11 is 0. The van der Waals surface area contributed by atoms with Crippen LogP contribution in [0.1, 0.15) is 0 Å². The second-order valence-electron chi connectivity index (χ2n) is 0.365. The minimum absolute atomic E-state index is 1.51. The van der Waals surface area contributed by atoms with Crippen molar-refractivity contribution in [3.63, 3.8) is 0 Å². The lowest BCUT2D eigenvalue weighted by Crippen LogP contribution is -1.89. The van der Waals surface area contributed by atoms with Gasteiger partial charge in [0.05, 0.1) is 7.11 Å². The van der Waals surface area contributed by atoms with E-state index in [1.54, 1.807) is 7.05 Å². The average molecular weight is 60.1 g/mol. The standard InChI is InChI=1S/C2H6NO/c1-3-4-2/h1-2H3. The zero-order valence-corrected chi connectivity index (χ0v) is 2.86. The smallest absolute Gasteiger partial charge is 0.0592 e. The third-order valence-electron chi connectivity index (χ3n) is 0.183. The fraction of sp³-hybridized carbons (Fsp3) is 1.00. The Labute approximate surface area is 25.7 Å². The van der Waals surface area contributed by atoms with Crippen molar-refractivity contribution in [2.75, 3.05) is 14.2 Å². The molecule has 0 aliphatic heterocycles. The van der Waals surface area contributed by atoms with Crippen LogP contribution >= 0.6 is 0 Å². The molecule has 0 heterocycles. The van der Waals surface area contributed by atoms with E-state index in [2.05, 4.69) is 10.3 Å². The number of hydrogen-bond donors (Lipinski definition) is 0. The SMILES string of the molecule is C[N]OC. The van der Waals surface area contributed by atoms with Crippen molar-refractivity contribution < 1.29 is 4.84 Å². The normalized spacial score (nSPS) is 7.50.